The zero-order valence-electron chi connectivity index (χ0n) is 13.1. The first kappa shape index (κ1) is 17.5. The SMILES string of the molecule is CSc1ccc(C(C)NC(=O)CCc2ccc(F)c(F)c2)cc1. The van der Waals surface area contributed by atoms with Crippen LogP contribution < -0.4 is 5.32 Å². The lowest BCUT2D eigenvalue weighted by Crippen LogP contribution is -2.26. The molecule has 1 unspecified atom stereocenters. The van der Waals surface area contributed by atoms with Crippen molar-refractivity contribution in [3.63, 3.8) is 0 Å². The third-order valence-corrected chi connectivity index (χ3v) is 4.36. The van der Waals surface area contributed by atoms with Crippen LogP contribution in [0.15, 0.2) is 47.4 Å². The molecular weight excluding hydrogens is 316 g/mol. The zero-order valence-corrected chi connectivity index (χ0v) is 13.9. The summed E-state index contributed by atoms with van der Waals surface area (Å²) in [6.07, 6.45) is 2.62. The van der Waals surface area contributed by atoms with Crippen LogP contribution >= 0.6 is 11.8 Å². The lowest BCUT2D eigenvalue weighted by Gasteiger charge is -2.14. The highest BCUT2D eigenvalue weighted by Gasteiger charge is 2.10. The summed E-state index contributed by atoms with van der Waals surface area (Å²) in [5.41, 5.74) is 1.64. The molecule has 2 aromatic rings. The molecule has 1 atom stereocenters. The van der Waals surface area contributed by atoms with E-state index in [2.05, 4.69) is 5.32 Å². The second kappa shape index (κ2) is 8.11. The number of amides is 1. The highest BCUT2D eigenvalue weighted by atomic mass is 32.2. The quantitative estimate of drug-likeness (QED) is 0.788. The van der Waals surface area contributed by atoms with E-state index in [-0.39, 0.29) is 18.4 Å². The number of hydrogen-bond acceptors (Lipinski definition) is 2. The molecule has 2 nitrogen and oxygen atoms in total. The van der Waals surface area contributed by atoms with Gasteiger partial charge in [0.2, 0.25) is 5.91 Å². The number of nitrogens with one attached hydrogen (secondary N) is 1. The second-order valence-electron chi connectivity index (χ2n) is 5.31. The maximum Gasteiger partial charge on any atom is 0.220 e. The van der Waals surface area contributed by atoms with E-state index in [9.17, 15) is 13.6 Å². The zero-order chi connectivity index (χ0) is 16.8. The molecule has 0 aliphatic heterocycles. The third-order valence-electron chi connectivity index (χ3n) is 3.62. The van der Waals surface area contributed by atoms with Crippen LogP contribution in [0.1, 0.15) is 30.5 Å². The predicted octanol–water partition coefficient (Wildman–Crippen LogP) is 4.50. The topological polar surface area (TPSA) is 29.1 Å². The van der Waals surface area contributed by atoms with Crippen LogP contribution in [0.5, 0.6) is 0 Å². The van der Waals surface area contributed by atoms with Crippen LogP contribution in [-0.2, 0) is 11.2 Å². The summed E-state index contributed by atoms with van der Waals surface area (Å²) >= 11 is 1.67. The molecule has 2 rings (SSSR count). The van der Waals surface area contributed by atoms with Gasteiger partial charge in [0.25, 0.3) is 0 Å². The smallest absolute Gasteiger partial charge is 0.220 e. The Morgan fingerprint density at radius 3 is 2.43 bits per heavy atom. The maximum absolute atomic E-state index is 13.1. The minimum Gasteiger partial charge on any atom is -0.350 e. The Morgan fingerprint density at radius 2 is 1.83 bits per heavy atom. The van der Waals surface area contributed by atoms with Crippen LogP contribution in [0.3, 0.4) is 0 Å². The lowest BCUT2D eigenvalue weighted by molar-refractivity contribution is -0.121. The Morgan fingerprint density at radius 1 is 1.13 bits per heavy atom. The van der Waals surface area contributed by atoms with Gasteiger partial charge in [-0.25, -0.2) is 8.78 Å². The molecule has 2 aromatic carbocycles. The van der Waals surface area contributed by atoms with Gasteiger partial charge in [-0.2, -0.15) is 0 Å². The van der Waals surface area contributed by atoms with Crippen molar-refractivity contribution in [1.82, 2.24) is 5.32 Å². The molecule has 122 valence electrons. The van der Waals surface area contributed by atoms with E-state index in [4.69, 9.17) is 0 Å². The van der Waals surface area contributed by atoms with E-state index in [1.54, 1.807) is 11.8 Å². The number of thioether (sulfide) groups is 1. The molecule has 0 radical (unpaired) electrons. The predicted molar refractivity (Wildman–Crippen MR) is 89.5 cm³/mol. The van der Waals surface area contributed by atoms with Gasteiger partial charge in [-0.1, -0.05) is 18.2 Å². The molecule has 0 aliphatic carbocycles. The monoisotopic (exact) mass is 335 g/mol. The molecule has 1 N–H and O–H groups in total. The van der Waals surface area contributed by atoms with E-state index < -0.39 is 11.6 Å². The van der Waals surface area contributed by atoms with E-state index in [1.165, 1.54) is 11.0 Å². The Labute approximate surface area is 139 Å². The van der Waals surface area contributed by atoms with Crippen LogP contribution in [-0.4, -0.2) is 12.2 Å². The highest BCUT2D eigenvalue weighted by Crippen LogP contribution is 2.19. The Bertz CT molecular complexity index is 673. The molecule has 0 aliphatic rings. The lowest BCUT2D eigenvalue weighted by atomic mass is 10.1. The Kier molecular flexibility index (Phi) is 6.16. The van der Waals surface area contributed by atoms with Crippen LogP contribution in [0, 0.1) is 11.6 Å². The molecule has 23 heavy (non-hydrogen) atoms. The molecule has 1 amide bonds. The van der Waals surface area contributed by atoms with Crippen molar-refractivity contribution < 1.29 is 13.6 Å². The first-order chi connectivity index (χ1) is 11.0. The fraction of sp³-hybridized carbons (Fsp3) is 0.278. The summed E-state index contributed by atoms with van der Waals surface area (Å²) in [5.74, 6) is -1.87. The van der Waals surface area contributed by atoms with E-state index in [0.29, 0.717) is 12.0 Å². The molecular formula is C18H19F2NOS. The average Bonchev–Trinajstić information content (AvgIpc) is 2.56. The highest BCUT2D eigenvalue weighted by molar-refractivity contribution is 7.98. The van der Waals surface area contributed by atoms with Gasteiger partial charge in [-0.15, -0.1) is 11.8 Å². The van der Waals surface area contributed by atoms with Gasteiger partial charge in [0.1, 0.15) is 0 Å². The van der Waals surface area contributed by atoms with Gasteiger partial charge in [-0.05, 0) is 55.0 Å². The van der Waals surface area contributed by atoms with Crippen molar-refractivity contribution in [2.24, 2.45) is 0 Å². The van der Waals surface area contributed by atoms with Crippen molar-refractivity contribution in [3.8, 4) is 0 Å². The van der Waals surface area contributed by atoms with Gasteiger partial charge >= 0.3 is 0 Å². The maximum atomic E-state index is 13.1. The molecule has 0 spiro atoms. The molecule has 5 heteroatoms. The Hall–Kier alpha value is -1.88. The summed E-state index contributed by atoms with van der Waals surface area (Å²) in [4.78, 5) is 13.2. The van der Waals surface area contributed by atoms with Crippen molar-refractivity contribution in [1.29, 1.82) is 0 Å². The van der Waals surface area contributed by atoms with Crippen molar-refractivity contribution in [2.75, 3.05) is 6.26 Å². The van der Waals surface area contributed by atoms with Gasteiger partial charge in [0.15, 0.2) is 11.6 Å². The summed E-state index contributed by atoms with van der Waals surface area (Å²) in [7, 11) is 0. The van der Waals surface area contributed by atoms with Crippen LogP contribution in [0.4, 0.5) is 8.78 Å². The first-order valence-electron chi connectivity index (χ1n) is 7.37. The molecule has 0 saturated heterocycles. The third kappa shape index (κ3) is 5.06. The number of carbonyl (C=O) groups is 1. The minimum absolute atomic E-state index is 0.0941. The van der Waals surface area contributed by atoms with Gasteiger partial charge in [-0.3, -0.25) is 4.79 Å². The second-order valence-corrected chi connectivity index (χ2v) is 6.19. The fourth-order valence-electron chi connectivity index (χ4n) is 2.24. The average molecular weight is 335 g/mol. The molecule has 0 heterocycles. The van der Waals surface area contributed by atoms with E-state index in [1.807, 2.05) is 37.4 Å². The summed E-state index contributed by atoms with van der Waals surface area (Å²) in [5, 5.41) is 2.92. The largest absolute Gasteiger partial charge is 0.350 e. The number of carbonyl (C=O) groups excluding carboxylic acids is 1. The molecule has 0 fully saturated rings. The Balaban J connectivity index is 1.86. The first-order valence-corrected chi connectivity index (χ1v) is 8.59. The van der Waals surface area contributed by atoms with Crippen molar-refractivity contribution in [3.05, 3.63) is 65.2 Å². The number of halogens is 2. The van der Waals surface area contributed by atoms with Crippen LogP contribution in [0.2, 0.25) is 0 Å². The summed E-state index contributed by atoms with van der Waals surface area (Å²) < 4.78 is 26.0. The number of aryl methyl sites for hydroxylation is 1. The normalized spacial score (nSPS) is 12.0. The van der Waals surface area contributed by atoms with Gasteiger partial charge < -0.3 is 5.32 Å². The summed E-state index contributed by atoms with van der Waals surface area (Å²) in [6, 6.07) is 11.6. The van der Waals surface area contributed by atoms with Crippen molar-refractivity contribution in [2.45, 2.75) is 30.7 Å². The molecule has 0 saturated carbocycles. The van der Waals surface area contributed by atoms with E-state index in [0.717, 1.165) is 17.7 Å². The van der Waals surface area contributed by atoms with Gasteiger partial charge in [0, 0.05) is 11.3 Å². The van der Waals surface area contributed by atoms with Gasteiger partial charge in [0.05, 0.1) is 6.04 Å². The standard InChI is InChI=1S/C18H19F2NOS/c1-12(14-5-7-15(23-2)8-6-14)21-18(22)10-4-13-3-9-16(19)17(20)11-13/h3,5-9,11-12H,4,10H2,1-2H3,(H,21,22). The minimum atomic E-state index is -0.884. The van der Waals surface area contributed by atoms with Crippen molar-refractivity contribution >= 4 is 17.7 Å². The van der Waals surface area contributed by atoms with Crippen LogP contribution in [0.25, 0.3) is 0 Å². The number of rotatable bonds is 6. The molecule has 0 bridgehead atoms. The van der Waals surface area contributed by atoms with E-state index >= 15 is 0 Å². The fourth-order valence-corrected chi connectivity index (χ4v) is 2.65. The summed E-state index contributed by atoms with van der Waals surface area (Å²) in [6.45, 7) is 1.92. The number of hydrogen-bond donors (Lipinski definition) is 1. The molecule has 0 aromatic heterocycles. The number of benzene rings is 2.